The Hall–Kier alpha value is -1.36. The molecule has 0 radical (unpaired) electrons. The number of carboxylic acid groups (broad SMARTS) is 1. The van der Waals surface area contributed by atoms with Crippen molar-refractivity contribution in [3.05, 3.63) is 21.4 Å². The van der Waals surface area contributed by atoms with Gasteiger partial charge in [0.05, 0.1) is 4.88 Å². The molecule has 3 rings (SSSR count). The van der Waals surface area contributed by atoms with Crippen LogP contribution in [0.4, 0.5) is 0 Å². The normalized spacial score (nSPS) is 25.6. The molecule has 1 aliphatic heterocycles. The number of carbonyl (C=O) groups excluding carboxylic acids is 1. The number of amides is 1. The van der Waals surface area contributed by atoms with E-state index in [1.807, 2.05) is 6.07 Å². The first-order chi connectivity index (χ1) is 9.52. The Kier molecular flexibility index (Phi) is 3.32. The number of aryl methyl sites for hydroxylation is 2. The molecular formula is C15H19NO3S. The summed E-state index contributed by atoms with van der Waals surface area (Å²) < 4.78 is 0. The molecule has 1 unspecified atom stereocenters. The van der Waals surface area contributed by atoms with Gasteiger partial charge < -0.3 is 10.0 Å². The first-order valence-corrected chi connectivity index (χ1v) is 8.01. The number of aliphatic carboxylic acids is 1. The van der Waals surface area contributed by atoms with Gasteiger partial charge in [0.1, 0.15) is 5.54 Å². The molecule has 1 amide bonds. The number of carbonyl (C=O) groups is 2. The lowest BCUT2D eigenvalue weighted by atomic mass is 9.98. The zero-order chi connectivity index (χ0) is 14.3. The predicted molar refractivity (Wildman–Crippen MR) is 77.3 cm³/mol. The number of carboxylic acids is 1. The van der Waals surface area contributed by atoms with E-state index in [4.69, 9.17) is 0 Å². The molecule has 0 aromatic carbocycles. The molecule has 1 aliphatic carbocycles. The summed E-state index contributed by atoms with van der Waals surface area (Å²) in [6.07, 6.45) is 5.79. The van der Waals surface area contributed by atoms with E-state index in [0.29, 0.717) is 17.8 Å². The average molecular weight is 293 g/mol. The molecule has 2 heterocycles. The van der Waals surface area contributed by atoms with Gasteiger partial charge >= 0.3 is 5.97 Å². The first-order valence-electron chi connectivity index (χ1n) is 7.19. The highest BCUT2D eigenvalue weighted by molar-refractivity contribution is 7.14. The Labute approximate surface area is 122 Å². The molecule has 1 aromatic heterocycles. The van der Waals surface area contributed by atoms with Crippen LogP contribution in [0.3, 0.4) is 0 Å². The van der Waals surface area contributed by atoms with E-state index in [2.05, 4.69) is 0 Å². The average Bonchev–Trinajstić information content (AvgIpc) is 3.02. The van der Waals surface area contributed by atoms with Crippen LogP contribution >= 0.6 is 11.3 Å². The van der Waals surface area contributed by atoms with Crippen molar-refractivity contribution in [2.45, 2.75) is 51.0 Å². The van der Waals surface area contributed by atoms with Gasteiger partial charge in [-0.3, -0.25) is 4.79 Å². The van der Waals surface area contributed by atoms with Crippen LogP contribution in [0, 0.1) is 0 Å². The summed E-state index contributed by atoms with van der Waals surface area (Å²) in [6, 6.07) is 1.99. The van der Waals surface area contributed by atoms with Gasteiger partial charge in [0.25, 0.3) is 5.91 Å². The molecule has 0 spiro atoms. The Morgan fingerprint density at radius 1 is 1.30 bits per heavy atom. The number of nitrogens with zero attached hydrogens (tertiary/aromatic N) is 1. The van der Waals surface area contributed by atoms with Crippen LogP contribution in [0.15, 0.2) is 6.07 Å². The van der Waals surface area contributed by atoms with Gasteiger partial charge in [0, 0.05) is 11.4 Å². The Bertz CT molecular complexity index is 542. The molecule has 1 atom stereocenters. The van der Waals surface area contributed by atoms with Crippen molar-refractivity contribution in [3.63, 3.8) is 0 Å². The lowest BCUT2D eigenvalue weighted by molar-refractivity contribution is -0.147. The third kappa shape index (κ3) is 2.04. The van der Waals surface area contributed by atoms with E-state index in [1.54, 1.807) is 23.2 Å². The maximum atomic E-state index is 12.7. The Morgan fingerprint density at radius 2 is 2.05 bits per heavy atom. The van der Waals surface area contributed by atoms with Gasteiger partial charge in [-0.2, -0.15) is 0 Å². The molecule has 1 fully saturated rings. The number of fused-ring (bicyclic) bond motifs is 1. The van der Waals surface area contributed by atoms with Gasteiger partial charge in [-0.05, 0) is 57.1 Å². The summed E-state index contributed by atoms with van der Waals surface area (Å²) in [7, 11) is 0. The zero-order valence-electron chi connectivity index (χ0n) is 11.6. The fourth-order valence-corrected chi connectivity index (χ4v) is 4.44. The smallest absolute Gasteiger partial charge is 0.329 e. The zero-order valence-corrected chi connectivity index (χ0v) is 12.5. The minimum atomic E-state index is -1.04. The standard InChI is InChI=1S/C15H19NO3S/c1-15(14(18)19)7-4-8-16(15)13(17)12-9-10-5-2-3-6-11(10)20-12/h9H,2-8H2,1H3,(H,18,19). The van der Waals surface area contributed by atoms with Crippen molar-refractivity contribution in [2.24, 2.45) is 0 Å². The quantitative estimate of drug-likeness (QED) is 0.912. The summed E-state index contributed by atoms with van der Waals surface area (Å²) >= 11 is 1.56. The second kappa shape index (κ2) is 4.88. The molecule has 4 nitrogen and oxygen atoms in total. The van der Waals surface area contributed by atoms with Crippen molar-refractivity contribution in [2.75, 3.05) is 6.54 Å². The number of rotatable bonds is 2. The van der Waals surface area contributed by atoms with Gasteiger partial charge in [-0.25, -0.2) is 4.79 Å². The fourth-order valence-electron chi connectivity index (χ4n) is 3.24. The topological polar surface area (TPSA) is 57.6 Å². The summed E-state index contributed by atoms with van der Waals surface area (Å²) in [5.41, 5.74) is 0.252. The molecule has 5 heteroatoms. The van der Waals surface area contributed by atoms with Gasteiger partial charge in [-0.1, -0.05) is 0 Å². The minimum absolute atomic E-state index is 0.105. The van der Waals surface area contributed by atoms with E-state index in [-0.39, 0.29) is 5.91 Å². The summed E-state index contributed by atoms with van der Waals surface area (Å²) in [5, 5.41) is 9.41. The Balaban J connectivity index is 1.89. The highest BCUT2D eigenvalue weighted by atomic mass is 32.1. The lowest BCUT2D eigenvalue weighted by Crippen LogP contribution is -2.50. The third-order valence-corrected chi connectivity index (χ3v) is 5.78. The summed E-state index contributed by atoms with van der Waals surface area (Å²) in [5.74, 6) is -1.00. The summed E-state index contributed by atoms with van der Waals surface area (Å²) in [6.45, 7) is 2.21. The van der Waals surface area contributed by atoms with Gasteiger partial charge in [-0.15, -0.1) is 11.3 Å². The molecule has 2 aliphatic rings. The van der Waals surface area contributed by atoms with E-state index in [0.717, 1.165) is 19.3 Å². The van der Waals surface area contributed by atoms with Crippen molar-refractivity contribution in [1.82, 2.24) is 4.90 Å². The van der Waals surface area contributed by atoms with E-state index in [9.17, 15) is 14.7 Å². The fraction of sp³-hybridized carbons (Fsp3) is 0.600. The van der Waals surface area contributed by atoms with Crippen molar-refractivity contribution >= 4 is 23.2 Å². The monoisotopic (exact) mass is 293 g/mol. The molecular weight excluding hydrogens is 274 g/mol. The highest BCUT2D eigenvalue weighted by Gasteiger charge is 2.46. The van der Waals surface area contributed by atoms with E-state index >= 15 is 0 Å². The van der Waals surface area contributed by atoms with Crippen LogP contribution in [0.2, 0.25) is 0 Å². The van der Waals surface area contributed by atoms with Crippen LogP contribution in [0.1, 0.15) is 52.7 Å². The number of hydrogen-bond donors (Lipinski definition) is 1. The SMILES string of the molecule is CC1(C(=O)O)CCCN1C(=O)c1cc2c(s1)CCCC2. The van der Waals surface area contributed by atoms with Crippen LogP contribution < -0.4 is 0 Å². The van der Waals surface area contributed by atoms with Crippen molar-refractivity contribution in [1.29, 1.82) is 0 Å². The number of thiophene rings is 1. The summed E-state index contributed by atoms with van der Waals surface area (Å²) in [4.78, 5) is 27.7. The van der Waals surface area contributed by atoms with Crippen LogP contribution in [0.5, 0.6) is 0 Å². The van der Waals surface area contributed by atoms with Crippen LogP contribution in [-0.2, 0) is 17.6 Å². The molecule has 108 valence electrons. The highest BCUT2D eigenvalue weighted by Crippen LogP contribution is 2.35. The molecule has 1 N–H and O–H groups in total. The molecule has 20 heavy (non-hydrogen) atoms. The third-order valence-electron chi connectivity index (χ3n) is 4.55. The van der Waals surface area contributed by atoms with Crippen LogP contribution in [-0.4, -0.2) is 34.0 Å². The molecule has 1 aromatic rings. The minimum Gasteiger partial charge on any atom is -0.480 e. The number of likely N-dealkylation sites (tertiary alicyclic amines) is 1. The molecule has 0 saturated carbocycles. The van der Waals surface area contributed by atoms with E-state index in [1.165, 1.54) is 23.3 Å². The second-order valence-electron chi connectivity index (χ2n) is 5.91. The second-order valence-corrected chi connectivity index (χ2v) is 7.04. The van der Waals surface area contributed by atoms with Crippen molar-refractivity contribution < 1.29 is 14.7 Å². The maximum absolute atomic E-state index is 12.7. The van der Waals surface area contributed by atoms with Crippen LogP contribution in [0.25, 0.3) is 0 Å². The molecule has 0 bridgehead atoms. The van der Waals surface area contributed by atoms with Crippen molar-refractivity contribution in [3.8, 4) is 0 Å². The predicted octanol–water partition coefficient (Wildman–Crippen LogP) is 2.71. The number of hydrogen-bond acceptors (Lipinski definition) is 3. The Morgan fingerprint density at radius 3 is 2.75 bits per heavy atom. The first kappa shape index (κ1) is 13.6. The van der Waals surface area contributed by atoms with Gasteiger partial charge in [0.15, 0.2) is 0 Å². The molecule has 1 saturated heterocycles. The maximum Gasteiger partial charge on any atom is 0.329 e. The van der Waals surface area contributed by atoms with Gasteiger partial charge in [0.2, 0.25) is 0 Å². The largest absolute Gasteiger partial charge is 0.480 e. The van der Waals surface area contributed by atoms with E-state index < -0.39 is 11.5 Å². The lowest BCUT2D eigenvalue weighted by Gasteiger charge is -2.30.